The zero-order chi connectivity index (χ0) is 14.3. The SMILES string of the molecule is Nc1nc(Cl)c2ncn(CC3(OC[PH](=O)O)CC3)c2n1. The lowest BCUT2D eigenvalue weighted by Gasteiger charge is -2.16. The minimum absolute atomic E-state index is 0.0791. The van der Waals surface area contributed by atoms with Crippen LogP contribution in [-0.4, -0.2) is 36.4 Å². The van der Waals surface area contributed by atoms with Gasteiger partial charge in [0.2, 0.25) is 14.0 Å². The summed E-state index contributed by atoms with van der Waals surface area (Å²) in [5.74, 6) is 0.0791. The number of nitrogen functional groups attached to an aromatic ring is 1. The van der Waals surface area contributed by atoms with Gasteiger partial charge in [-0.1, -0.05) is 11.6 Å². The average Bonchev–Trinajstić information content (AvgIpc) is 3.03. The molecule has 2 aromatic rings. The van der Waals surface area contributed by atoms with Crippen LogP contribution in [0.1, 0.15) is 12.8 Å². The molecule has 108 valence electrons. The first-order valence-electron chi connectivity index (χ1n) is 5.99. The van der Waals surface area contributed by atoms with Gasteiger partial charge in [0.05, 0.1) is 18.5 Å². The number of hydrogen-bond donors (Lipinski definition) is 2. The van der Waals surface area contributed by atoms with Gasteiger partial charge in [-0.25, -0.2) is 4.98 Å². The molecule has 20 heavy (non-hydrogen) atoms. The first-order chi connectivity index (χ1) is 9.49. The molecule has 0 radical (unpaired) electrons. The number of nitrogens with two attached hydrogens (primary N) is 1. The van der Waals surface area contributed by atoms with E-state index < -0.39 is 13.6 Å². The lowest BCUT2D eigenvalue weighted by Crippen LogP contribution is -2.21. The van der Waals surface area contributed by atoms with Gasteiger partial charge in [-0.05, 0) is 12.8 Å². The molecule has 8 nitrogen and oxygen atoms in total. The smallest absolute Gasteiger partial charge is 0.223 e. The standard InChI is InChI=1S/C10H13ClN5O3P/c11-7-6-8(15-9(12)14-7)16(4-13-6)3-10(1-2-10)19-5-20(17)18/h4,20H,1-3,5H2,(H,17,18)(H2,12,14,15). The second-order valence-corrected chi connectivity index (χ2v) is 6.22. The second kappa shape index (κ2) is 4.96. The van der Waals surface area contributed by atoms with Crippen LogP contribution >= 0.6 is 19.6 Å². The molecular formula is C10H13ClN5O3P. The Morgan fingerprint density at radius 2 is 2.30 bits per heavy atom. The summed E-state index contributed by atoms with van der Waals surface area (Å²) in [6.07, 6.45) is 3.12. The van der Waals surface area contributed by atoms with E-state index in [1.807, 2.05) is 0 Å². The number of imidazole rings is 1. The van der Waals surface area contributed by atoms with Crippen LogP contribution in [0.15, 0.2) is 6.33 Å². The molecule has 3 N–H and O–H groups in total. The van der Waals surface area contributed by atoms with E-state index in [1.165, 1.54) is 0 Å². The van der Waals surface area contributed by atoms with Crippen molar-refractivity contribution in [2.24, 2.45) is 0 Å². The summed E-state index contributed by atoms with van der Waals surface area (Å²) in [4.78, 5) is 21.0. The van der Waals surface area contributed by atoms with Crippen LogP contribution < -0.4 is 5.73 Å². The minimum Gasteiger partial charge on any atom is -0.368 e. The largest absolute Gasteiger partial charge is 0.368 e. The van der Waals surface area contributed by atoms with E-state index in [0.717, 1.165) is 12.8 Å². The molecule has 2 aromatic heterocycles. The van der Waals surface area contributed by atoms with Gasteiger partial charge in [-0.3, -0.25) is 4.57 Å². The van der Waals surface area contributed by atoms with Crippen LogP contribution in [0.4, 0.5) is 5.95 Å². The topological polar surface area (TPSA) is 116 Å². The number of fused-ring (bicyclic) bond motifs is 1. The number of aromatic nitrogens is 4. The first kappa shape index (κ1) is 13.8. The maximum atomic E-state index is 10.8. The number of rotatable bonds is 5. The average molecular weight is 318 g/mol. The summed E-state index contributed by atoms with van der Waals surface area (Å²) >= 11 is 5.96. The Morgan fingerprint density at radius 1 is 1.55 bits per heavy atom. The molecule has 0 saturated heterocycles. The molecule has 1 saturated carbocycles. The summed E-state index contributed by atoms with van der Waals surface area (Å²) in [5, 5.41) is 0.206. The van der Waals surface area contributed by atoms with Gasteiger partial charge >= 0.3 is 0 Å². The molecule has 1 unspecified atom stereocenters. The van der Waals surface area contributed by atoms with Crippen LogP contribution in [0, 0.1) is 0 Å². The molecule has 0 aliphatic heterocycles. The van der Waals surface area contributed by atoms with E-state index in [0.29, 0.717) is 17.7 Å². The van der Waals surface area contributed by atoms with Crippen LogP contribution in [0.3, 0.4) is 0 Å². The molecule has 0 bridgehead atoms. The Labute approximate surface area is 119 Å². The van der Waals surface area contributed by atoms with Gasteiger partial charge < -0.3 is 19.9 Å². The van der Waals surface area contributed by atoms with E-state index in [9.17, 15) is 4.57 Å². The molecule has 2 heterocycles. The molecule has 3 rings (SSSR count). The Bertz CT molecular complexity index is 687. The van der Waals surface area contributed by atoms with Gasteiger partial charge in [0.25, 0.3) is 0 Å². The highest BCUT2D eigenvalue weighted by atomic mass is 35.5. The fourth-order valence-corrected chi connectivity index (χ4v) is 2.70. The predicted octanol–water partition coefficient (Wildman–Crippen LogP) is 1.04. The number of halogens is 1. The molecule has 1 aliphatic rings. The summed E-state index contributed by atoms with van der Waals surface area (Å²) < 4.78 is 18.1. The third-order valence-corrected chi connectivity index (χ3v) is 3.86. The van der Waals surface area contributed by atoms with E-state index in [2.05, 4.69) is 15.0 Å². The lowest BCUT2D eigenvalue weighted by molar-refractivity contribution is 0.0486. The van der Waals surface area contributed by atoms with Crippen molar-refractivity contribution < 1.29 is 14.2 Å². The molecule has 1 fully saturated rings. The summed E-state index contributed by atoms with van der Waals surface area (Å²) in [7, 11) is -2.62. The Balaban J connectivity index is 1.86. The highest BCUT2D eigenvalue weighted by Crippen LogP contribution is 2.43. The minimum atomic E-state index is -2.62. The molecular weight excluding hydrogens is 305 g/mol. The van der Waals surface area contributed by atoms with E-state index >= 15 is 0 Å². The first-order valence-corrected chi connectivity index (χ1v) is 7.93. The van der Waals surface area contributed by atoms with Gasteiger partial charge in [0, 0.05) is 0 Å². The fourth-order valence-electron chi connectivity index (χ4n) is 2.05. The van der Waals surface area contributed by atoms with Crippen molar-refractivity contribution in [1.29, 1.82) is 0 Å². The van der Waals surface area contributed by atoms with Gasteiger partial charge in [0.1, 0.15) is 11.9 Å². The second-order valence-electron chi connectivity index (χ2n) is 4.78. The van der Waals surface area contributed by atoms with Crippen molar-refractivity contribution in [3.05, 3.63) is 11.5 Å². The zero-order valence-corrected chi connectivity index (χ0v) is 12.2. The third-order valence-electron chi connectivity index (χ3n) is 3.21. The normalized spacial score (nSPS) is 18.3. The van der Waals surface area contributed by atoms with Gasteiger partial charge in [0.15, 0.2) is 10.8 Å². The van der Waals surface area contributed by atoms with E-state index in [4.69, 9.17) is 27.0 Å². The highest BCUT2D eigenvalue weighted by molar-refractivity contribution is 7.37. The molecule has 0 aromatic carbocycles. The Kier molecular flexibility index (Phi) is 3.41. The van der Waals surface area contributed by atoms with Crippen LogP contribution in [0.5, 0.6) is 0 Å². The van der Waals surface area contributed by atoms with Crippen molar-refractivity contribution >= 4 is 36.7 Å². The lowest BCUT2D eigenvalue weighted by atomic mass is 10.3. The zero-order valence-electron chi connectivity index (χ0n) is 10.4. The molecule has 1 aliphatic carbocycles. The highest BCUT2D eigenvalue weighted by Gasteiger charge is 2.45. The van der Waals surface area contributed by atoms with E-state index in [-0.39, 0.29) is 17.4 Å². The predicted molar refractivity (Wildman–Crippen MR) is 73.9 cm³/mol. The van der Waals surface area contributed by atoms with E-state index in [1.54, 1.807) is 10.9 Å². The monoisotopic (exact) mass is 317 g/mol. The Hall–Kier alpha value is -1.21. The molecule has 1 atom stereocenters. The van der Waals surface area contributed by atoms with Crippen LogP contribution in [0.2, 0.25) is 5.15 Å². The fraction of sp³-hybridized carbons (Fsp3) is 0.500. The van der Waals surface area contributed by atoms with Crippen LogP contribution in [-0.2, 0) is 15.8 Å². The number of hydrogen-bond acceptors (Lipinski definition) is 6. The van der Waals surface area contributed by atoms with Crippen molar-refractivity contribution in [3.63, 3.8) is 0 Å². The van der Waals surface area contributed by atoms with Crippen LogP contribution in [0.25, 0.3) is 11.2 Å². The number of ether oxygens (including phenoxy) is 1. The molecule has 10 heteroatoms. The summed E-state index contributed by atoms with van der Waals surface area (Å²) in [5.41, 5.74) is 6.18. The maximum absolute atomic E-state index is 10.8. The number of anilines is 1. The summed E-state index contributed by atoms with van der Waals surface area (Å²) in [6, 6.07) is 0. The Morgan fingerprint density at radius 3 is 2.95 bits per heavy atom. The molecule has 0 amide bonds. The molecule has 0 spiro atoms. The van der Waals surface area contributed by atoms with Crippen molar-refractivity contribution in [3.8, 4) is 0 Å². The third kappa shape index (κ3) is 2.64. The van der Waals surface area contributed by atoms with Gasteiger partial charge in [-0.15, -0.1) is 0 Å². The van der Waals surface area contributed by atoms with Crippen molar-refractivity contribution in [1.82, 2.24) is 19.5 Å². The van der Waals surface area contributed by atoms with Crippen molar-refractivity contribution in [2.45, 2.75) is 25.0 Å². The van der Waals surface area contributed by atoms with Crippen molar-refractivity contribution in [2.75, 3.05) is 12.1 Å². The maximum Gasteiger partial charge on any atom is 0.223 e. The quantitative estimate of drug-likeness (QED) is 0.625. The number of nitrogens with zero attached hydrogens (tertiary/aromatic N) is 4. The summed E-state index contributed by atoms with van der Waals surface area (Å²) in [6.45, 7) is 0.491. The van der Waals surface area contributed by atoms with Gasteiger partial charge in [-0.2, -0.15) is 9.97 Å².